The highest BCUT2D eigenvalue weighted by Gasteiger charge is 2.17. The molecule has 0 spiro atoms. The smallest absolute Gasteiger partial charge is 0.335 e. The Labute approximate surface area is 238 Å². The molecule has 5 nitrogen and oxygen atoms in total. The number of thioether (sulfide) groups is 1. The van der Waals surface area contributed by atoms with E-state index in [1.165, 1.54) is 0 Å². The van der Waals surface area contributed by atoms with Gasteiger partial charge < -0.3 is 10.0 Å². The maximum absolute atomic E-state index is 12.2. The third kappa shape index (κ3) is 7.94. The summed E-state index contributed by atoms with van der Waals surface area (Å²) < 4.78 is 0. The van der Waals surface area contributed by atoms with Gasteiger partial charge in [-0.2, -0.15) is 11.8 Å². The first kappa shape index (κ1) is 28.4. The van der Waals surface area contributed by atoms with Gasteiger partial charge in [-0.15, -0.1) is 0 Å². The number of aromatic carboxylic acids is 1. The molecule has 7 heteroatoms. The van der Waals surface area contributed by atoms with Gasteiger partial charge >= 0.3 is 5.97 Å². The zero-order chi connectivity index (χ0) is 27.8. The Balaban J connectivity index is 1.54. The highest BCUT2D eigenvalue weighted by Crippen LogP contribution is 2.35. The maximum Gasteiger partial charge on any atom is 0.335 e. The summed E-state index contributed by atoms with van der Waals surface area (Å²) in [5, 5.41) is 11.4. The lowest BCUT2D eigenvalue weighted by atomic mass is 9.98. The number of nitrogens with zero attached hydrogens (tertiary/aromatic N) is 2. The Hall–Kier alpha value is -3.61. The van der Waals surface area contributed by atoms with Gasteiger partial charge in [0.2, 0.25) is 5.91 Å². The number of rotatable bonds is 11. The summed E-state index contributed by atoms with van der Waals surface area (Å²) in [5.41, 5.74) is 5.03. The molecule has 4 aromatic rings. The van der Waals surface area contributed by atoms with Crippen molar-refractivity contribution in [3.8, 4) is 0 Å². The fourth-order valence-electron chi connectivity index (χ4n) is 4.34. The Morgan fingerprint density at radius 2 is 1.79 bits per heavy atom. The monoisotopic (exact) mass is 558 g/mol. The standard InChI is InChI=1S/C32H31ClN2O3S/c1-35(2)31(36)18-19-39-30(17-13-23-7-3-4-9-28(23)32(37)38)25-8-5-6-22(20-25)10-15-27-16-12-24-11-14-26(33)21-29(24)34-27/h3-12,14-16,20-21,30H,13,17-19H2,1-2H3,(H,37,38). The minimum absolute atomic E-state index is 0.0957. The molecule has 3 aromatic carbocycles. The summed E-state index contributed by atoms with van der Waals surface area (Å²) in [6, 6.07) is 25.2. The number of halogens is 1. The summed E-state index contributed by atoms with van der Waals surface area (Å²) in [5.74, 6) is -0.132. The molecule has 1 N–H and O–H groups in total. The van der Waals surface area contributed by atoms with E-state index in [0.717, 1.165) is 39.7 Å². The predicted molar refractivity (Wildman–Crippen MR) is 162 cm³/mol. The number of carbonyl (C=O) groups is 2. The summed E-state index contributed by atoms with van der Waals surface area (Å²) in [6.07, 6.45) is 5.87. The molecule has 0 saturated heterocycles. The van der Waals surface area contributed by atoms with Crippen molar-refractivity contribution in [1.82, 2.24) is 9.88 Å². The highest BCUT2D eigenvalue weighted by molar-refractivity contribution is 7.99. The topological polar surface area (TPSA) is 70.5 Å². The van der Waals surface area contributed by atoms with Crippen molar-refractivity contribution in [1.29, 1.82) is 0 Å². The molecule has 0 fully saturated rings. The molecule has 0 aliphatic carbocycles. The van der Waals surface area contributed by atoms with Gasteiger partial charge in [0.25, 0.3) is 0 Å². The van der Waals surface area contributed by atoms with Crippen molar-refractivity contribution < 1.29 is 14.7 Å². The highest BCUT2D eigenvalue weighted by atomic mass is 35.5. The van der Waals surface area contributed by atoms with E-state index >= 15 is 0 Å². The molecule has 0 aliphatic rings. The Bertz CT molecular complexity index is 1500. The van der Waals surface area contributed by atoms with Crippen molar-refractivity contribution in [3.05, 3.63) is 112 Å². The van der Waals surface area contributed by atoms with Gasteiger partial charge in [0.1, 0.15) is 0 Å². The van der Waals surface area contributed by atoms with E-state index in [1.54, 1.807) is 42.9 Å². The third-order valence-corrected chi connectivity index (χ3v) is 8.05. The van der Waals surface area contributed by atoms with Gasteiger partial charge in [0.15, 0.2) is 0 Å². The van der Waals surface area contributed by atoms with Crippen molar-refractivity contribution >= 4 is 58.3 Å². The SMILES string of the molecule is CN(C)C(=O)CCSC(CCc1ccccc1C(=O)O)c1cccc(C=Cc2ccc3ccc(Cl)cc3n2)c1. The molecule has 1 atom stereocenters. The van der Waals surface area contributed by atoms with Gasteiger partial charge in [-0.25, -0.2) is 9.78 Å². The molecule has 1 aromatic heterocycles. The Kier molecular flexibility index (Phi) is 9.79. The average Bonchev–Trinajstić information content (AvgIpc) is 2.93. The number of carboxylic acid groups (broad SMARTS) is 1. The summed E-state index contributed by atoms with van der Waals surface area (Å²) in [4.78, 5) is 30.2. The van der Waals surface area contributed by atoms with Crippen LogP contribution in [-0.2, 0) is 11.2 Å². The van der Waals surface area contributed by atoms with Crippen LogP contribution in [0.3, 0.4) is 0 Å². The Morgan fingerprint density at radius 3 is 2.59 bits per heavy atom. The second-order valence-corrected chi connectivity index (χ2v) is 11.2. The van der Waals surface area contributed by atoms with Gasteiger partial charge in [-0.1, -0.05) is 72.3 Å². The predicted octanol–water partition coefficient (Wildman–Crippen LogP) is 7.64. The van der Waals surface area contributed by atoms with Gasteiger partial charge in [-0.3, -0.25) is 4.79 Å². The van der Waals surface area contributed by atoms with Crippen LogP contribution >= 0.6 is 23.4 Å². The lowest BCUT2D eigenvalue weighted by molar-refractivity contribution is -0.128. The second-order valence-electron chi connectivity index (χ2n) is 9.48. The molecule has 200 valence electrons. The lowest BCUT2D eigenvalue weighted by Crippen LogP contribution is -2.22. The molecular weight excluding hydrogens is 528 g/mol. The molecule has 0 saturated carbocycles. The Morgan fingerprint density at radius 1 is 1.00 bits per heavy atom. The molecule has 1 unspecified atom stereocenters. The zero-order valence-electron chi connectivity index (χ0n) is 22.0. The van der Waals surface area contributed by atoms with Crippen LogP contribution in [0.5, 0.6) is 0 Å². The fourth-order valence-corrected chi connectivity index (χ4v) is 5.70. The zero-order valence-corrected chi connectivity index (χ0v) is 23.6. The van der Waals surface area contributed by atoms with E-state index in [-0.39, 0.29) is 11.2 Å². The number of hydrogen-bond donors (Lipinski definition) is 1. The fraction of sp³-hybridized carbons (Fsp3) is 0.219. The van der Waals surface area contributed by atoms with Crippen LogP contribution in [0.25, 0.3) is 23.1 Å². The van der Waals surface area contributed by atoms with Crippen LogP contribution in [0.2, 0.25) is 5.02 Å². The van der Waals surface area contributed by atoms with E-state index in [2.05, 4.69) is 18.2 Å². The molecule has 1 amide bonds. The van der Waals surface area contributed by atoms with Crippen LogP contribution in [0.1, 0.15) is 50.8 Å². The third-order valence-electron chi connectivity index (χ3n) is 6.46. The lowest BCUT2D eigenvalue weighted by Gasteiger charge is -2.19. The molecule has 1 heterocycles. The molecule has 0 aliphatic heterocycles. The van der Waals surface area contributed by atoms with Crippen molar-refractivity contribution in [2.24, 2.45) is 0 Å². The summed E-state index contributed by atoms with van der Waals surface area (Å²) >= 11 is 7.87. The van der Waals surface area contributed by atoms with E-state index in [0.29, 0.717) is 29.2 Å². The number of benzene rings is 3. The van der Waals surface area contributed by atoms with E-state index in [9.17, 15) is 14.7 Å². The van der Waals surface area contributed by atoms with E-state index in [1.807, 2.05) is 60.7 Å². The number of aromatic nitrogens is 1. The molecular formula is C32H31ClN2O3S. The molecule has 4 rings (SSSR count). The first-order valence-corrected chi connectivity index (χ1v) is 14.2. The van der Waals surface area contributed by atoms with E-state index in [4.69, 9.17) is 16.6 Å². The number of carboxylic acids is 1. The van der Waals surface area contributed by atoms with Crippen molar-refractivity contribution in [3.63, 3.8) is 0 Å². The quantitative estimate of drug-likeness (QED) is 0.205. The first-order chi connectivity index (χ1) is 18.8. The second kappa shape index (κ2) is 13.5. The summed E-state index contributed by atoms with van der Waals surface area (Å²) in [7, 11) is 3.53. The van der Waals surface area contributed by atoms with Crippen molar-refractivity contribution in [2.75, 3.05) is 19.8 Å². The number of pyridine rings is 1. The minimum Gasteiger partial charge on any atom is -0.478 e. The normalized spacial score (nSPS) is 12.1. The van der Waals surface area contributed by atoms with E-state index < -0.39 is 5.97 Å². The first-order valence-electron chi connectivity index (χ1n) is 12.8. The van der Waals surface area contributed by atoms with Crippen LogP contribution in [-0.4, -0.2) is 46.7 Å². The van der Waals surface area contributed by atoms with Crippen LogP contribution in [0, 0.1) is 0 Å². The largest absolute Gasteiger partial charge is 0.478 e. The van der Waals surface area contributed by atoms with Crippen LogP contribution in [0.15, 0.2) is 78.9 Å². The van der Waals surface area contributed by atoms with Gasteiger partial charge in [-0.05, 0) is 59.9 Å². The maximum atomic E-state index is 12.2. The van der Waals surface area contributed by atoms with Crippen LogP contribution < -0.4 is 0 Å². The number of carbonyl (C=O) groups excluding carboxylic acids is 1. The van der Waals surface area contributed by atoms with Gasteiger partial charge in [0, 0.05) is 41.9 Å². The number of hydrogen-bond acceptors (Lipinski definition) is 4. The van der Waals surface area contributed by atoms with Crippen LogP contribution in [0.4, 0.5) is 0 Å². The summed E-state index contributed by atoms with van der Waals surface area (Å²) in [6.45, 7) is 0. The molecule has 0 bridgehead atoms. The molecule has 0 radical (unpaired) electrons. The number of fused-ring (bicyclic) bond motifs is 1. The number of aryl methyl sites for hydroxylation is 1. The average molecular weight is 559 g/mol. The molecule has 39 heavy (non-hydrogen) atoms. The van der Waals surface area contributed by atoms with Gasteiger partial charge in [0.05, 0.1) is 16.8 Å². The van der Waals surface area contributed by atoms with Crippen molar-refractivity contribution in [2.45, 2.75) is 24.5 Å². The number of amides is 1. The minimum atomic E-state index is -0.914.